The monoisotopic (exact) mass is 305 g/mol. The van der Waals surface area contributed by atoms with E-state index in [1.54, 1.807) is 6.07 Å². The Hall–Kier alpha value is -2.08. The molecule has 0 spiro atoms. The lowest BCUT2D eigenvalue weighted by atomic mass is 10.0. The summed E-state index contributed by atoms with van der Waals surface area (Å²) in [5, 5.41) is 11.0. The van der Waals surface area contributed by atoms with E-state index in [-0.39, 0.29) is 17.0 Å². The maximum absolute atomic E-state index is 12.2. The van der Waals surface area contributed by atoms with Gasteiger partial charge in [0, 0.05) is 6.54 Å². The molecule has 2 aromatic carbocycles. The van der Waals surface area contributed by atoms with E-state index in [4.69, 9.17) is 0 Å². The zero-order chi connectivity index (χ0) is 15.0. The Bertz CT molecular complexity index is 814. The van der Waals surface area contributed by atoms with Crippen LogP contribution in [0, 0.1) is 0 Å². The van der Waals surface area contributed by atoms with E-state index < -0.39 is 16.0 Å². The quantitative estimate of drug-likeness (QED) is 0.925. The molecule has 1 N–H and O–H groups in total. The van der Waals surface area contributed by atoms with E-state index in [9.17, 15) is 18.3 Å². The highest BCUT2D eigenvalue weighted by molar-refractivity contribution is 7.92. The third-order valence-corrected chi connectivity index (χ3v) is 5.57. The number of aromatic carboxylic acids is 1. The molecule has 0 radical (unpaired) electrons. The van der Waals surface area contributed by atoms with Crippen LogP contribution in [0.4, 0.5) is 5.69 Å². The van der Waals surface area contributed by atoms with E-state index in [2.05, 4.69) is 0 Å². The average molecular weight is 305 g/mol. The molecule has 0 bridgehead atoms. The van der Waals surface area contributed by atoms with Crippen LogP contribution in [-0.4, -0.2) is 31.8 Å². The first-order valence-corrected chi connectivity index (χ1v) is 8.36. The van der Waals surface area contributed by atoms with Gasteiger partial charge in [0.05, 0.1) is 17.0 Å². The minimum atomic E-state index is -3.43. The number of nitrogens with zero attached hydrogens (tertiary/aromatic N) is 1. The number of hydrogen-bond acceptors (Lipinski definition) is 3. The van der Waals surface area contributed by atoms with Crippen molar-refractivity contribution in [1.29, 1.82) is 0 Å². The molecule has 21 heavy (non-hydrogen) atoms. The van der Waals surface area contributed by atoms with Crippen LogP contribution in [0.15, 0.2) is 36.4 Å². The molecular formula is C15H15NO4S. The minimum absolute atomic E-state index is 0.0270. The summed E-state index contributed by atoms with van der Waals surface area (Å²) in [6, 6.07) is 10.5. The van der Waals surface area contributed by atoms with Crippen molar-refractivity contribution in [2.75, 3.05) is 16.6 Å². The Balaban J connectivity index is 2.24. The van der Waals surface area contributed by atoms with Crippen LogP contribution in [0.5, 0.6) is 0 Å². The summed E-state index contributed by atoms with van der Waals surface area (Å²) < 4.78 is 25.7. The number of anilines is 1. The summed E-state index contributed by atoms with van der Waals surface area (Å²) in [4.78, 5) is 11.5. The second-order valence-electron chi connectivity index (χ2n) is 5.12. The summed E-state index contributed by atoms with van der Waals surface area (Å²) in [6.45, 7) is 0.334. The van der Waals surface area contributed by atoms with E-state index in [1.807, 2.05) is 24.3 Å². The minimum Gasteiger partial charge on any atom is -0.478 e. The first-order chi connectivity index (χ1) is 9.99. The first kappa shape index (κ1) is 13.9. The largest absolute Gasteiger partial charge is 0.478 e. The number of fused-ring (bicyclic) bond motifs is 1. The van der Waals surface area contributed by atoms with E-state index >= 15 is 0 Å². The molecular weight excluding hydrogens is 290 g/mol. The maximum atomic E-state index is 12.2. The van der Waals surface area contributed by atoms with Crippen molar-refractivity contribution >= 4 is 32.5 Å². The van der Waals surface area contributed by atoms with Gasteiger partial charge in [-0.2, -0.15) is 0 Å². The van der Waals surface area contributed by atoms with Crippen molar-refractivity contribution < 1.29 is 18.3 Å². The van der Waals surface area contributed by atoms with Crippen molar-refractivity contribution in [3.05, 3.63) is 42.0 Å². The molecule has 6 heteroatoms. The fourth-order valence-corrected chi connectivity index (χ4v) is 4.31. The Morgan fingerprint density at radius 1 is 1.10 bits per heavy atom. The lowest BCUT2D eigenvalue weighted by Crippen LogP contribution is -2.38. The molecule has 1 saturated heterocycles. The predicted molar refractivity (Wildman–Crippen MR) is 81.3 cm³/mol. The van der Waals surface area contributed by atoms with Crippen LogP contribution in [-0.2, 0) is 10.0 Å². The Kier molecular flexibility index (Phi) is 3.33. The van der Waals surface area contributed by atoms with Crippen molar-refractivity contribution in [2.45, 2.75) is 12.8 Å². The molecule has 0 saturated carbocycles. The predicted octanol–water partition coefficient (Wildman–Crippen LogP) is 2.47. The lowest BCUT2D eigenvalue weighted by Gasteiger charge is -2.29. The number of carbonyl (C=O) groups is 1. The number of hydrogen-bond donors (Lipinski definition) is 1. The molecule has 1 aliphatic rings. The van der Waals surface area contributed by atoms with Gasteiger partial charge in [0.25, 0.3) is 0 Å². The highest BCUT2D eigenvalue weighted by Crippen LogP contribution is 2.31. The fraction of sp³-hybridized carbons (Fsp3) is 0.267. The first-order valence-electron chi connectivity index (χ1n) is 6.75. The van der Waals surface area contributed by atoms with Crippen LogP contribution in [0.1, 0.15) is 23.2 Å². The van der Waals surface area contributed by atoms with Gasteiger partial charge in [-0.1, -0.05) is 24.3 Å². The summed E-state index contributed by atoms with van der Waals surface area (Å²) >= 11 is 0. The number of rotatable bonds is 2. The van der Waals surface area contributed by atoms with Gasteiger partial charge in [-0.25, -0.2) is 13.2 Å². The number of sulfonamides is 1. The summed E-state index contributed by atoms with van der Waals surface area (Å²) in [5.41, 5.74) is 0.292. The molecule has 0 amide bonds. The maximum Gasteiger partial charge on any atom is 0.337 e. The van der Waals surface area contributed by atoms with Crippen molar-refractivity contribution in [2.24, 2.45) is 0 Å². The van der Waals surface area contributed by atoms with Gasteiger partial charge in [-0.15, -0.1) is 0 Å². The van der Waals surface area contributed by atoms with E-state index in [1.165, 1.54) is 10.4 Å². The molecule has 3 rings (SSSR count). The van der Waals surface area contributed by atoms with Gasteiger partial charge in [0.15, 0.2) is 0 Å². The summed E-state index contributed by atoms with van der Waals surface area (Å²) in [5.74, 6) is -1.05. The smallest absolute Gasteiger partial charge is 0.337 e. The Morgan fingerprint density at radius 2 is 1.76 bits per heavy atom. The number of benzene rings is 2. The molecule has 0 aromatic heterocycles. The van der Waals surface area contributed by atoms with Gasteiger partial charge < -0.3 is 5.11 Å². The fourth-order valence-electron chi connectivity index (χ4n) is 2.67. The van der Waals surface area contributed by atoms with Crippen LogP contribution in [0.2, 0.25) is 0 Å². The number of carboxylic acid groups (broad SMARTS) is 1. The second kappa shape index (κ2) is 5.04. The van der Waals surface area contributed by atoms with Gasteiger partial charge in [-0.05, 0) is 35.7 Å². The van der Waals surface area contributed by atoms with Crippen LogP contribution >= 0.6 is 0 Å². The highest BCUT2D eigenvalue weighted by Gasteiger charge is 2.29. The summed E-state index contributed by atoms with van der Waals surface area (Å²) in [7, 11) is -3.43. The van der Waals surface area contributed by atoms with Crippen LogP contribution in [0.25, 0.3) is 10.8 Å². The van der Waals surface area contributed by atoms with Gasteiger partial charge in [0.1, 0.15) is 0 Å². The standard InChI is InChI=1S/C15H15NO4S/c17-15(18)13-9-11-5-1-2-6-12(11)10-14(13)16-7-3-4-8-21(16,19)20/h1-2,5-6,9-10H,3-4,7-8H2,(H,17,18). The lowest BCUT2D eigenvalue weighted by molar-refractivity contribution is 0.0698. The number of carboxylic acids is 1. The van der Waals surface area contributed by atoms with Crippen LogP contribution in [0.3, 0.4) is 0 Å². The van der Waals surface area contributed by atoms with Crippen LogP contribution < -0.4 is 4.31 Å². The van der Waals surface area contributed by atoms with E-state index in [0.717, 1.165) is 17.2 Å². The van der Waals surface area contributed by atoms with Crippen molar-refractivity contribution in [1.82, 2.24) is 0 Å². The molecule has 0 atom stereocenters. The second-order valence-corrected chi connectivity index (χ2v) is 7.13. The average Bonchev–Trinajstić information content (AvgIpc) is 2.45. The molecule has 0 aliphatic carbocycles. The Labute approximate surface area is 122 Å². The Morgan fingerprint density at radius 3 is 2.38 bits per heavy atom. The molecule has 1 fully saturated rings. The zero-order valence-electron chi connectivity index (χ0n) is 11.3. The third-order valence-electron chi connectivity index (χ3n) is 3.71. The summed E-state index contributed by atoms with van der Waals surface area (Å²) in [6.07, 6.45) is 1.36. The van der Waals surface area contributed by atoms with Gasteiger partial charge in [0.2, 0.25) is 10.0 Å². The van der Waals surface area contributed by atoms with Crippen molar-refractivity contribution in [3.8, 4) is 0 Å². The third kappa shape index (κ3) is 2.47. The highest BCUT2D eigenvalue weighted by atomic mass is 32.2. The molecule has 110 valence electrons. The normalized spacial score (nSPS) is 17.8. The topological polar surface area (TPSA) is 74.7 Å². The van der Waals surface area contributed by atoms with E-state index in [0.29, 0.717) is 13.0 Å². The molecule has 1 aliphatic heterocycles. The molecule has 0 unspecified atom stereocenters. The van der Waals surface area contributed by atoms with Gasteiger partial charge in [-0.3, -0.25) is 4.31 Å². The zero-order valence-corrected chi connectivity index (χ0v) is 12.1. The molecule has 5 nitrogen and oxygen atoms in total. The van der Waals surface area contributed by atoms with Gasteiger partial charge >= 0.3 is 5.97 Å². The molecule has 2 aromatic rings. The van der Waals surface area contributed by atoms with Crippen molar-refractivity contribution in [3.63, 3.8) is 0 Å². The SMILES string of the molecule is O=C(O)c1cc2ccccc2cc1N1CCCCS1(=O)=O. The molecule has 1 heterocycles.